The predicted octanol–water partition coefficient (Wildman–Crippen LogP) is 0.445. The molecule has 0 saturated carbocycles. The lowest BCUT2D eigenvalue weighted by atomic mass is 10.3. The third-order valence-electron chi connectivity index (χ3n) is 2.67. The van der Waals surface area contributed by atoms with Crippen molar-refractivity contribution in [3.63, 3.8) is 0 Å². The number of carbonyl (C=O) groups is 1. The Morgan fingerprint density at radius 1 is 1.50 bits per heavy atom. The van der Waals surface area contributed by atoms with Gasteiger partial charge in [0.25, 0.3) is 0 Å². The Morgan fingerprint density at radius 2 is 2.22 bits per heavy atom. The van der Waals surface area contributed by atoms with E-state index in [0.717, 1.165) is 29.3 Å². The molecule has 0 unspecified atom stereocenters. The minimum absolute atomic E-state index is 0.221. The van der Waals surface area contributed by atoms with Gasteiger partial charge in [-0.3, -0.25) is 9.69 Å². The second-order valence-electron chi connectivity index (χ2n) is 3.92. The van der Waals surface area contributed by atoms with E-state index < -0.39 is 5.97 Å². The van der Waals surface area contributed by atoms with Crippen molar-refractivity contribution in [1.82, 2.24) is 9.88 Å². The number of morpholine rings is 1. The molecule has 0 amide bonds. The molecule has 0 atom stereocenters. The van der Waals surface area contributed by atoms with Crippen LogP contribution in [-0.4, -0.2) is 48.8 Å². The number of nitrogens with zero attached hydrogens (tertiary/aromatic N) is 1. The first-order chi connectivity index (χ1) is 8.70. The maximum Gasteiger partial charge on any atom is 0.356 e. The highest BCUT2D eigenvalue weighted by atomic mass is 32.1. The van der Waals surface area contributed by atoms with E-state index in [2.05, 4.69) is 9.88 Å². The summed E-state index contributed by atoms with van der Waals surface area (Å²) in [5.41, 5.74) is 0.290. The van der Waals surface area contributed by atoms with E-state index in [1.165, 1.54) is 0 Å². The summed E-state index contributed by atoms with van der Waals surface area (Å²) in [5.74, 6) is -0.459. The molecule has 1 fully saturated rings. The number of nitrogens with one attached hydrogen (secondary N) is 1. The minimum Gasteiger partial charge on any atom is -0.461 e. The standard InChI is InChI=1S/C11H16N2O4S/c1-2-17-10(14)9-8(18-11(15)12-9)7-13-3-5-16-6-4-13/h2-7H2,1H3,(H,12,15). The van der Waals surface area contributed by atoms with Crippen molar-refractivity contribution in [2.45, 2.75) is 13.5 Å². The van der Waals surface area contributed by atoms with Gasteiger partial charge >= 0.3 is 10.8 Å². The van der Waals surface area contributed by atoms with Gasteiger partial charge in [0.2, 0.25) is 0 Å². The van der Waals surface area contributed by atoms with Gasteiger partial charge in [-0.15, -0.1) is 0 Å². The molecule has 6 nitrogen and oxygen atoms in total. The largest absolute Gasteiger partial charge is 0.461 e. The molecule has 1 aliphatic rings. The number of ether oxygens (including phenoxy) is 2. The lowest BCUT2D eigenvalue weighted by Gasteiger charge is -2.26. The fourth-order valence-electron chi connectivity index (χ4n) is 1.80. The Kier molecular flexibility index (Phi) is 4.51. The quantitative estimate of drug-likeness (QED) is 0.806. The molecule has 1 saturated heterocycles. The predicted molar refractivity (Wildman–Crippen MR) is 67.0 cm³/mol. The summed E-state index contributed by atoms with van der Waals surface area (Å²) < 4.78 is 10.2. The van der Waals surface area contributed by atoms with Crippen molar-refractivity contribution in [3.8, 4) is 0 Å². The van der Waals surface area contributed by atoms with E-state index in [0.29, 0.717) is 32.1 Å². The van der Waals surface area contributed by atoms with Crippen molar-refractivity contribution in [2.24, 2.45) is 0 Å². The Bertz CT molecular complexity index is 462. The van der Waals surface area contributed by atoms with Crippen LogP contribution in [0.25, 0.3) is 0 Å². The number of aromatic nitrogens is 1. The van der Waals surface area contributed by atoms with Crippen LogP contribution in [-0.2, 0) is 16.0 Å². The van der Waals surface area contributed by atoms with Gasteiger partial charge in [-0.25, -0.2) is 4.79 Å². The zero-order valence-electron chi connectivity index (χ0n) is 10.2. The van der Waals surface area contributed by atoms with E-state index in [4.69, 9.17) is 9.47 Å². The SMILES string of the molecule is CCOC(=O)c1[nH]c(=O)sc1CN1CCOCC1. The molecule has 0 spiro atoms. The summed E-state index contributed by atoms with van der Waals surface area (Å²) in [6.45, 7) is 5.63. The Morgan fingerprint density at radius 3 is 2.89 bits per heavy atom. The van der Waals surface area contributed by atoms with Crippen LogP contribution >= 0.6 is 11.3 Å². The lowest BCUT2D eigenvalue weighted by molar-refractivity contribution is 0.0340. The molecule has 0 aromatic carbocycles. The van der Waals surface area contributed by atoms with Crippen molar-refractivity contribution >= 4 is 17.3 Å². The van der Waals surface area contributed by atoms with E-state index in [-0.39, 0.29) is 4.87 Å². The molecule has 1 aromatic rings. The highest BCUT2D eigenvalue weighted by Gasteiger charge is 2.20. The van der Waals surface area contributed by atoms with Crippen molar-refractivity contribution in [1.29, 1.82) is 0 Å². The molecule has 2 heterocycles. The van der Waals surface area contributed by atoms with Gasteiger partial charge in [0.05, 0.1) is 24.7 Å². The highest BCUT2D eigenvalue weighted by molar-refractivity contribution is 7.09. The van der Waals surface area contributed by atoms with Gasteiger partial charge in [-0.1, -0.05) is 11.3 Å². The summed E-state index contributed by atoms with van der Waals surface area (Å²) in [6, 6.07) is 0. The molecular weight excluding hydrogens is 256 g/mol. The Hall–Kier alpha value is -1.18. The minimum atomic E-state index is -0.459. The number of thiazole rings is 1. The fourth-order valence-corrected chi connectivity index (χ4v) is 2.66. The number of hydrogen-bond acceptors (Lipinski definition) is 6. The van der Waals surface area contributed by atoms with Gasteiger partial charge in [0, 0.05) is 19.6 Å². The van der Waals surface area contributed by atoms with Crippen molar-refractivity contribution < 1.29 is 14.3 Å². The molecule has 0 bridgehead atoms. The fraction of sp³-hybridized carbons (Fsp3) is 0.636. The van der Waals surface area contributed by atoms with E-state index in [1.807, 2.05) is 0 Å². The van der Waals surface area contributed by atoms with Gasteiger partial charge in [-0.05, 0) is 6.92 Å². The molecular formula is C11H16N2O4S. The zero-order valence-corrected chi connectivity index (χ0v) is 11.0. The smallest absolute Gasteiger partial charge is 0.356 e. The van der Waals surface area contributed by atoms with E-state index >= 15 is 0 Å². The summed E-state index contributed by atoms with van der Waals surface area (Å²) >= 11 is 1.07. The molecule has 1 N–H and O–H groups in total. The van der Waals surface area contributed by atoms with E-state index in [1.54, 1.807) is 6.92 Å². The third-order valence-corrected chi connectivity index (χ3v) is 3.54. The molecule has 1 aromatic heterocycles. The van der Waals surface area contributed by atoms with Crippen molar-refractivity contribution in [2.75, 3.05) is 32.9 Å². The second-order valence-corrected chi connectivity index (χ2v) is 4.99. The third kappa shape index (κ3) is 3.18. The first-order valence-corrected chi connectivity index (χ1v) is 6.71. The van der Waals surface area contributed by atoms with Crippen LogP contribution in [0.5, 0.6) is 0 Å². The van der Waals surface area contributed by atoms with Crippen LogP contribution in [0.4, 0.5) is 0 Å². The Balaban J connectivity index is 2.11. The maximum atomic E-state index is 11.7. The van der Waals surface area contributed by atoms with E-state index in [9.17, 15) is 9.59 Å². The summed E-state index contributed by atoms with van der Waals surface area (Å²) in [5, 5.41) is 0. The maximum absolute atomic E-state index is 11.7. The number of aromatic amines is 1. The highest BCUT2D eigenvalue weighted by Crippen LogP contribution is 2.14. The molecule has 100 valence electrons. The molecule has 2 rings (SSSR count). The van der Waals surface area contributed by atoms with Crippen LogP contribution in [0.15, 0.2) is 4.79 Å². The summed E-state index contributed by atoms with van der Waals surface area (Å²) in [7, 11) is 0. The number of H-pyrrole nitrogens is 1. The number of esters is 1. The number of carbonyl (C=O) groups excluding carboxylic acids is 1. The molecule has 1 aliphatic heterocycles. The number of rotatable bonds is 4. The normalized spacial score (nSPS) is 16.7. The summed E-state index contributed by atoms with van der Waals surface area (Å²) in [6.07, 6.45) is 0. The van der Waals surface area contributed by atoms with Crippen LogP contribution in [0, 0.1) is 0 Å². The average molecular weight is 272 g/mol. The molecule has 7 heteroatoms. The van der Waals surface area contributed by atoms with Crippen LogP contribution < -0.4 is 4.87 Å². The van der Waals surface area contributed by atoms with Crippen LogP contribution in [0.1, 0.15) is 22.3 Å². The number of hydrogen-bond donors (Lipinski definition) is 1. The van der Waals surface area contributed by atoms with Gasteiger partial charge < -0.3 is 14.5 Å². The average Bonchev–Trinajstić information content (AvgIpc) is 2.72. The van der Waals surface area contributed by atoms with Crippen LogP contribution in [0.2, 0.25) is 0 Å². The molecule has 0 aliphatic carbocycles. The molecule has 0 radical (unpaired) electrons. The van der Waals surface area contributed by atoms with Gasteiger partial charge in [0.1, 0.15) is 5.69 Å². The second kappa shape index (κ2) is 6.12. The van der Waals surface area contributed by atoms with Gasteiger partial charge in [0.15, 0.2) is 0 Å². The zero-order chi connectivity index (χ0) is 13.0. The topological polar surface area (TPSA) is 71.6 Å². The summed E-state index contributed by atoms with van der Waals surface area (Å²) in [4.78, 5) is 28.3. The molecule has 18 heavy (non-hydrogen) atoms. The first-order valence-electron chi connectivity index (χ1n) is 5.90. The monoisotopic (exact) mass is 272 g/mol. The Labute approximate surface area is 109 Å². The lowest BCUT2D eigenvalue weighted by Crippen LogP contribution is -2.35. The van der Waals surface area contributed by atoms with Gasteiger partial charge in [-0.2, -0.15) is 0 Å². The first kappa shape index (κ1) is 13.3. The van der Waals surface area contributed by atoms with Crippen molar-refractivity contribution in [3.05, 3.63) is 20.2 Å². The van der Waals surface area contributed by atoms with Crippen LogP contribution in [0.3, 0.4) is 0 Å².